The second-order valence-electron chi connectivity index (χ2n) is 6.51. The zero-order valence-corrected chi connectivity index (χ0v) is 14.6. The molecule has 3 aliphatic rings. The Hall–Kier alpha value is -1.47. The highest BCUT2D eigenvalue weighted by atomic mass is 32.3. The Balaban J connectivity index is 1.55. The summed E-state index contributed by atoms with van der Waals surface area (Å²) in [5.41, 5.74) is 2.42. The molecule has 0 aromatic heterocycles. The number of hydrogen-bond donors (Lipinski definition) is 3. The molecule has 2 heterocycles. The van der Waals surface area contributed by atoms with Crippen LogP contribution in [0.5, 0.6) is 0 Å². The highest BCUT2D eigenvalue weighted by Gasteiger charge is 2.49. The average molecular weight is 378 g/mol. The van der Waals surface area contributed by atoms with Crippen LogP contribution in [0.3, 0.4) is 0 Å². The Bertz CT molecular complexity index is 642. The lowest BCUT2D eigenvalue weighted by Gasteiger charge is -2.29. The summed E-state index contributed by atoms with van der Waals surface area (Å²) in [6, 6.07) is -1.69. The molecule has 3 N–H and O–H groups in total. The van der Waals surface area contributed by atoms with Gasteiger partial charge in [0.2, 0.25) is 0 Å². The lowest BCUT2D eigenvalue weighted by atomic mass is 10.0. The van der Waals surface area contributed by atoms with Gasteiger partial charge in [-0.15, -0.1) is 4.28 Å². The number of rotatable bonds is 6. The van der Waals surface area contributed by atoms with Crippen LogP contribution in [0.15, 0.2) is 0 Å². The molecular formula is C13H22N4O7S. The summed E-state index contributed by atoms with van der Waals surface area (Å²) in [6.45, 7) is 0.150. The number of carbonyl (C=O) groups excluding carboxylic acids is 2. The molecule has 1 saturated carbocycles. The second-order valence-corrected chi connectivity index (χ2v) is 7.52. The molecular weight excluding hydrogens is 356 g/mol. The van der Waals surface area contributed by atoms with Crippen molar-refractivity contribution in [1.82, 2.24) is 20.8 Å². The number of carbonyl (C=O) groups is 2. The van der Waals surface area contributed by atoms with Gasteiger partial charge in [0.15, 0.2) is 0 Å². The molecule has 3 amide bonds. The molecule has 12 heteroatoms. The first-order valence-electron chi connectivity index (χ1n) is 8.18. The molecule has 4 atom stereocenters. The van der Waals surface area contributed by atoms with Crippen LogP contribution in [0.25, 0.3) is 0 Å². The Morgan fingerprint density at radius 1 is 1.28 bits per heavy atom. The van der Waals surface area contributed by atoms with Crippen molar-refractivity contribution < 1.29 is 31.7 Å². The molecule has 11 nitrogen and oxygen atoms in total. The van der Waals surface area contributed by atoms with Gasteiger partial charge in [0.05, 0.1) is 12.1 Å². The molecule has 0 unspecified atom stereocenters. The van der Waals surface area contributed by atoms with Crippen LogP contribution in [-0.4, -0.2) is 72.7 Å². The van der Waals surface area contributed by atoms with Crippen LogP contribution in [0.1, 0.15) is 32.1 Å². The summed E-state index contributed by atoms with van der Waals surface area (Å²) in [5.74, 6) is -0.451. The quantitative estimate of drug-likeness (QED) is 0.403. The predicted molar refractivity (Wildman–Crippen MR) is 83.1 cm³/mol. The summed E-state index contributed by atoms with van der Waals surface area (Å²) in [4.78, 5) is 31.3. The van der Waals surface area contributed by atoms with Gasteiger partial charge in [0, 0.05) is 12.6 Å². The van der Waals surface area contributed by atoms with E-state index in [0.717, 1.165) is 19.3 Å². The van der Waals surface area contributed by atoms with Crippen molar-refractivity contribution in [2.75, 3.05) is 13.6 Å². The van der Waals surface area contributed by atoms with Crippen molar-refractivity contribution in [1.29, 1.82) is 0 Å². The van der Waals surface area contributed by atoms with E-state index in [1.165, 1.54) is 4.90 Å². The number of hydroxylamine groups is 3. The Labute approximate surface area is 145 Å². The van der Waals surface area contributed by atoms with Gasteiger partial charge in [-0.3, -0.25) is 14.2 Å². The largest absolute Gasteiger partial charge is 0.418 e. The Kier molecular flexibility index (Phi) is 5.16. The van der Waals surface area contributed by atoms with Crippen LogP contribution in [0, 0.1) is 0 Å². The zero-order chi connectivity index (χ0) is 18.2. The number of urea groups is 1. The van der Waals surface area contributed by atoms with Gasteiger partial charge in [-0.1, -0.05) is 0 Å². The van der Waals surface area contributed by atoms with Crippen molar-refractivity contribution in [2.24, 2.45) is 0 Å². The minimum Gasteiger partial charge on any atom is -0.317 e. The van der Waals surface area contributed by atoms with E-state index in [9.17, 15) is 18.0 Å². The molecule has 2 saturated heterocycles. The third-order valence-corrected chi connectivity index (χ3v) is 5.27. The predicted octanol–water partition coefficient (Wildman–Crippen LogP) is -0.822. The van der Waals surface area contributed by atoms with Crippen molar-refractivity contribution in [3.8, 4) is 0 Å². The van der Waals surface area contributed by atoms with E-state index in [1.54, 1.807) is 0 Å². The van der Waals surface area contributed by atoms with E-state index in [1.807, 2.05) is 7.05 Å². The van der Waals surface area contributed by atoms with Crippen LogP contribution in [-0.2, 0) is 24.3 Å². The van der Waals surface area contributed by atoms with Crippen LogP contribution in [0.4, 0.5) is 4.79 Å². The lowest BCUT2D eigenvalue weighted by Crippen LogP contribution is -2.50. The first-order chi connectivity index (χ1) is 11.8. The fourth-order valence-corrected chi connectivity index (χ4v) is 4.01. The molecule has 0 aromatic rings. The maximum atomic E-state index is 12.4. The maximum Gasteiger partial charge on any atom is 0.418 e. The van der Waals surface area contributed by atoms with Gasteiger partial charge in [-0.05, 0) is 39.2 Å². The van der Waals surface area contributed by atoms with Gasteiger partial charge in [0.1, 0.15) is 6.04 Å². The van der Waals surface area contributed by atoms with Gasteiger partial charge in [0.25, 0.3) is 5.91 Å². The van der Waals surface area contributed by atoms with E-state index >= 15 is 0 Å². The number of nitrogens with zero attached hydrogens (tertiary/aromatic N) is 2. The molecule has 2 aliphatic heterocycles. The molecule has 2 bridgehead atoms. The molecule has 0 spiro atoms. The smallest absolute Gasteiger partial charge is 0.317 e. The fraction of sp³-hybridized carbons (Fsp3) is 0.846. The Morgan fingerprint density at radius 2 is 2.04 bits per heavy atom. The normalized spacial score (nSPS) is 32.3. The summed E-state index contributed by atoms with van der Waals surface area (Å²) in [5, 5.41) is 3.77. The lowest BCUT2D eigenvalue weighted by molar-refractivity contribution is -0.143. The fourth-order valence-electron chi connectivity index (χ4n) is 3.62. The molecule has 3 fully saturated rings. The average Bonchev–Trinajstić information content (AvgIpc) is 3.11. The number of piperidine rings is 1. The second kappa shape index (κ2) is 7.03. The highest BCUT2D eigenvalue weighted by molar-refractivity contribution is 7.80. The van der Waals surface area contributed by atoms with Gasteiger partial charge < -0.3 is 10.2 Å². The summed E-state index contributed by atoms with van der Waals surface area (Å²) >= 11 is 0. The molecule has 3 rings (SSSR count). The van der Waals surface area contributed by atoms with E-state index in [0.29, 0.717) is 23.9 Å². The topological polar surface area (TPSA) is 138 Å². The molecule has 142 valence electrons. The third-order valence-electron chi connectivity index (χ3n) is 4.92. The first-order valence-corrected chi connectivity index (χ1v) is 9.54. The standard InChI is InChI=1S/C13H22N4O7S/c1-14-8-2-4-10(6-8)23-15-12(18)11-5-3-9-7-16(11)13(19)17(9)24-25(20,21)22/h8-11,14H,2-7H2,1H3,(H,15,18)(H,20,21,22)/t8-,9-,10-,11+/m1/s1. The molecule has 1 aliphatic carbocycles. The molecule has 0 aromatic carbocycles. The maximum absolute atomic E-state index is 12.4. The summed E-state index contributed by atoms with van der Waals surface area (Å²) in [7, 11) is -2.92. The van der Waals surface area contributed by atoms with Gasteiger partial charge in [-0.25, -0.2) is 10.3 Å². The molecule has 0 radical (unpaired) electrons. The van der Waals surface area contributed by atoms with Crippen LogP contribution < -0.4 is 10.8 Å². The number of amides is 3. The summed E-state index contributed by atoms with van der Waals surface area (Å²) in [6.07, 6.45) is 3.24. The van der Waals surface area contributed by atoms with Gasteiger partial charge >= 0.3 is 16.4 Å². The summed E-state index contributed by atoms with van der Waals surface area (Å²) < 4.78 is 34.8. The number of hydrogen-bond acceptors (Lipinski definition) is 7. The van der Waals surface area contributed by atoms with Crippen molar-refractivity contribution >= 4 is 22.3 Å². The van der Waals surface area contributed by atoms with E-state index in [2.05, 4.69) is 15.1 Å². The zero-order valence-electron chi connectivity index (χ0n) is 13.8. The van der Waals surface area contributed by atoms with E-state index in [4.69, 9.17) is 9.39 Å². The van der Waals surface area contributed by atoms with E-state index in [-0.39, 0.29) is 12.6 Å². The monoisotopic (exact) mass is 378 g/mol. The minimum atomic E-state index is -4.80. The van der Waals surface area contributed by atoms with Crippen molar-refractivity contribution in [3.05, 3.63) is 0 Å². The van der Waals surface area contributed by atoms with Crippen molar-refractivity contribution in [3.63, 3.8) is 0 Å². The molecule has 25 heavy (non-hydrogen) atoms. The number of nitrogens with one attached hydrogen (secondary N) is 2. The third kappa shape index (κ3) is 4.03. The van der Waals surface area contributed by atoms with Crippen LogP contribution in [0.2, 0.25) is 0 Å². The van der Waals surface area contributed by atoms with Crippen LogP contribution >= 0.6 is 0 Å². The van der Waals surface area contributed by atoms with Gasteiger partial charge in [-0.2, -0.15) is 13.5 Å². The number of fused-ring (bicyclic) bond motifs is 2. The van der Waals surface area contributed by atoms with E-state index < -0.39 is 34.4 Å². The first kappa shape index (κ1) is 18.3. The minimum absolute atomic E-state index is 0.0774. The van der Waals surface area contributed by atoms with Crippen molar-refractivity contribution in [2.45, 2.75) is 56.3 Å². The Morgan fingerprint density at radius 3 is 2.68 bits per heavy atom. The highest BCUT2D eigenvalue weighted by Crippen LogP contribution is 2.31. The SMILES string of the molecule is CN[C@@H]1CC[C@@H](ONC(=O)[C@@H]2CC[C@@H]3CN2C(=O)N3OS(=O)(=O)O)C1.